The topological polar surface area (TPSA) is 101 Å². The Morgan fingerprint density at radius 1 is 1.39 bits per heavy atom. The zero-order valence-corrected chi connectivity index (χ0v) is 11.6. The van der Waals surface area contributed by atoms with Crippen molar-refractivity contribution in [1.82, 2.24) is 4.72 Å². The Bertz CT molecular complexity index is 517. The van der Waals surface area contributed by atoms with Crippen molar-refractivity contribution in [3.63, 3.8) is 0 Å². The molecule has 0 fully saturated rings. The van der Waals surface area contributed by atoms with Gasteiger partial charge >= 0.3 is 0 Å². The number of nitrogens with one attached hydrogen (secondary N) is 2. The largest absolute Gasteiger partial charge is 0.325 e. The summed E-state index contributed by atoms with van der Waals surface area (Å²) in [5.74, 6) is -0.371. The smallest absolute Gasteiger partial charge is 0.240 e. The lowest BCUT2D eigenvalue weighted by molar-refractivity contribution is -0.117. The fraction of sp³-hybridized carbons (Fsp3) is 0.300. The van der Waals surface area contributed by atoms with Crippen molar-refractivity contribution in [2.24, 2.45) is 5.73 Å². The van der Waals surface area contributed by atoms with Crippen LogP contribution < -0.4 is 15.8 Å². The van der Waals surface area contributed by atoms with Crippen LogP contribution in [0.2, 0.25) is 0 Å². The van der Waals surface area contributed by atoms with E-state index in [0.717, 1.165) is 0 Å². The van der Waals surface area contributed by atoms with E-state index in [1.54, 1.807) is 19.1 Å². The summed E-state index contributed by atoms with van der Waals surface area (Å²) in [5, 5.41) is 2.52. The molecule has 0 bridgehead atoms. The van der Waals surface area contributed by atoms with Crippen LogP contribution in [0.25, 0.3) is 0 Å². The van der Waals surface area contributed by atoms with Gasteiger partial charge in [-0.15, -0.1) is 12.4 Å². The quantitative estimate of drug-likeness (QED) is 0.743. The number of amides is 1. The fourth-order valence-corrected chi connectivity index (χ4v) is 1.89. The van der Waals surface area contributed by atoms with E-state index in [9.17, 15) is 13.2 Å². The molecule has 8 heteroatoms. The monoisotopic (exact) mass is 293 g/mol. The number of carbonyl (C=O) groups is 1. The van der Waals surface area contributed by atoms with Crippen LogP contribution in [0.4, 0.5) is 5.69 Å². The molecule has 18 heavy (non-hydrogen) atoms. The van der Waals surface area contributed by atoms with E-state index in [-0.39, 0.29) is 23.2 Å². The first-order valence-corrected chi connectivity index (χ1v) is 6.45. The number of halogens is 1. The summed E-state index contributed by atoms with van der Waals surface area (Å²) in [4.78, 5) is 11.4. The van der Waals surface area contributed by atoms with E-state index in [1.165, 1.54) is 19.2 Å². The van der Waals surface area contributed by atoms with Crippen LogP contribution in [0.1, 0.15) is 6.92 Å². The Balaban J connectivity index is 0.00000289. The number of benzene rings is 1. The Labute approximate surface area is 112 Å². The molecule has 1 amide bonds. The van der Waals surface area contributed by atoms with E-state index in [4.69, 9.17) is 5.73 Å². The Kier molecular flexibility index (Phi) is 6.27. The molecule has 0 spiro atoms. The van der Waals surface area contributed by atoms with Gasteiger partial charge in [0.2, 0.25) is 15.9 Å². The highest BCUT2D eigenvalue weighted by Gasteiger charge is 2.13. The van der Waals surface area contributed by atoms with Crippen LogP contribution in [0.15, 0.2) is 29.2 Å². The van der Waals surface area contributed by atoms with E-state index >= 15 is 0 Å². The summed E-state index contributed by atoms with van der Waals surface area (Å²) in [7, 11) is -2.19. The van der Waals surface area contributed by atoms with Crippen LogP contribution >= 0.6 is 12.4 Å². The lowest BCUT2D eigenvalue weighted by Gasteiger charge is -2.09. The minimum absolute atomic E-state index is 0. The maximum atomic E-state index is 11.5. The molecule has 0 radical (unpaired) electrons. The first kappa shape index (κ1) is 16.9. The van der Waals surface area contributed by atoms with E-state index in [0.29, 0.717) is 5.69 Å². The van der Waals surface area contributed by atoms with Crippen molar-refractivity contribution in [2.75, 3.05) is 12.4 Å². The van der Waals surface area contributed by atoms with Crippen LogP contribution in [-0.2, 0) is 14.8 Å². The molecule has 1 rings (SSSR count). The molecule has 1 aromatic carbocycles. The van der Waals surface area contributed by atoms with Gasteiger partial charge in [-0.1, -0.05) is 6.07 Å². The highest BCUT2D eigenvalue weighted by molar-refractivity contribution is 7.89. The molecule has 1 unspecified atom stereocenters. The third-order valence-electron chi connectivity index (χ3n) is 2.09. The number of hydrogen-bond donors (Lipinski definition) is 3. The van der Waals surface area contributed by atoms with Gasteiger partial charge < -0.3 is 11.1 Å². The average molecular weight is 294 g/mol. The van der Waals surface area contributed by atoms with Gasteiger partial charge in [-0.25, -0.2) is 13.1 Å². The molecule has 0 saturated heterocycles. The summed E-state index contributed by atoms with van der Waals surface area (Å²) in [6, 6.07) is 5.29. The minimum atomic E-state index is -3.51. The lowest BCUT2D eigenvalue weighted by atomic mass is 10.3. The minimum Gasteiger partial charge on any atom is -0.325 e. The summed E-state index contributed by atoms with van der Waals surface area (Å²) < 4.78 is 25.2. The predicted molar refractivity (Wildman–Crippen MR) is 72.2 cm³/mol. The van der Waals surface area contributed by atoms with Crippen molar-refractivity contribution in [1.29, 1.82) is 0 Å². The third kappa shape index (κ3) is 4.26. The number of rotatable bonds is 4. The molecular formula is C10H16ClN3O3S. The second kappa shape index (κ2) is 6.69. The normalized spacial score (nSPS) is 12.4. The maximum Gasteiger partial charge on any atom is 0.240 e. The van der Waals surface area contributed by atoms with Crippen molar-refractivity contribution < 1.29 is 13.2 Å². The summed E-state index contributed by atoms with van der Waals surface area (Å²) in [6.45, 7) is 1.55. The molecule has 0 heterocycles. The Morgan fingerprint density at radius 2 is 2.00 bits per heavy atom. The molecule has 0 saturated carbocycles. The van der Waals surface area contributed by atoms with Gasteiger partial charge in [0.1, 0.15) is 0 Å². The molecule has 0 aromatic heterocycles. The SMILES string of the molecule is CNS(=O)(=O)c1cccc(NC(=O)C(C)N)c1.Cl. The third-order valence-corrected chi connectivity index (χ3v) is 3.51. The molecular weight excluding hydrogens is 278 g/mol. The van der Waals surface area contributed by atoms with Gasteiger partial charge in [-0.05, 0) is 32.2 Å². The van der Waals surface area contributed by atoms with Gasteiger partial charge in [0.25, 0.3) is 0 Å². The van der Waals surface area contributed by atoms with E-state index in [1.807, 2.05) is 0 Å². The number of nitrogens with two attached hydrogens (primary N) is 1. The van der Waals surface area contributed by atoms with Crippen molar-refractivity contribution in [2.45, 2.75) is 17.9 Å². The van der Waals surface area contributed by atoms with Crippen LogP contribution in [-0.4, -0.2) is 27.4 Å². The average Bonchev–Trinajstić information content (AvgIpc) is 2.29. The zero-order valence-electron chi connectivity index (χ0n) is 10.0. The predicted octanol–water partition coefficient (Wildman–Crippen LogP) is 0.302. The second-order valence-corrected chi connectivity index (χ2v) is 5.40. The summed E-state index contributed by atoms with van der Waals surface area (Å²) in [6.07, 6.45) is 0. The lowest BCUT2D eigenvalue weighted by Crippen LogP contribution is -2.32. The van der Waals surface area contributed by atoms with E-state index < -0.39 is 16.1 Å². The van der Waals surface area contributed by atoms with Crippen LogP contribution in [0.3, 0.4) is 0 Å². The number of hydrogen-bond acceptors (Lipinski definition) is 4. The molecule has 0 aliphatic heterocycles. The molecule has 0 aliphatic rings. The molecule has 4 N–H and O–H groups in total. The van der Waals surface area contributed by atoms with Gasteiger partial charge in [-0.2, -0.15) is 0 Å². The molecule has 6 nitrogen and oxygen atoms in total. The van der Waals surface area contributed by atoms with Crippen LogP contribution in [0, 0.1) is 0 Å². The zero-order chi connectivity index (χ0) is 13.1. The second-order valence-electron chi connectivity index (χ2n) is 3.51. The highest BCUT2D eigenvalue weighted by Crippen LogP contribution is 2.15. The maximum absolute atomic E-state index is 11.5. The van der Waals surface area contributed by atoms with Crippen molar-refractivity contribution in [3.05, 3.63) is 24.3 Å². The Morgan fingerprint density at radius 3 is 2.50 bits per heavy atom. The number of sulfonamides is 1. The summed E-state index contributed by atoms with van der Waals surface area (Å²) >= 11 is 0. The standard InChI is InChI=1S/C10H15N3O3S.ClH/c1-7(11)10(14)13-8-4-3-5-9(6-8)17(15,16)12-2;/h3-7,12H,11H2,1-2H3,(H,13,14);1H. The van der Waals surface area contributed by atoms with E-state index in [2.05, 4.69) is 10.0 Å². The van der Waals surface area contributed by atoms with Crippen molar-refractivity contribution in [3.8, 4) is 0 Å². The number of anilines is 1. The van der Waals surface area contributed by atoms with Gasteiger partial charge in [0, 0.05) is 5.69 Å². The number of carbonyl (C=O) groups excluding carboxylic acids is 1. The van der Waals surface area contributed by atoms with Gasteiger partial charge in [0.05, 0.1) is 10.9 Å². The first-order valence-electron chi connectivity index (χ1n) is 4.97. The molecule has 1 aromatic rings. The van der Waals surface area contributed by atoms with Crippen LogP contribution in [0.5, 0.6) is 0 Å². The molecule has 102 valence electrons. The molecule has 1 atom stereocenters. The van der Waals surface area contributed by atoms with Crippen molar-refractivity contribution >= 4 is 34.0 Å². The van der Waals surface area contributed by atoms with Gasteiger partial charge in [0.15, 0.2) is 0 Å². The molecule has 0 aliphatic carbocycles. The van der Waals surface area contributed by atoms with Gasteiger partial charge in [-0.3, -0.25) is 4.79 Å². The first-order chi connectivity index (χ1) is 7.86. The highest BCUT2D eigenvalue weighted by atomic mass is 35.5. The Hall–Kier alpha value is -1.15. The fourth-order valence-electron chi connectivity index (χ4n) is 1.11. The summed E-state index contributed by atoms with van der Waals surface area (Å²) in [5.41, 5.74) is 5.78.